The molecule has 0 saturated carbocycles. The highest BCUT2D eigenvalue weighted by Gasteiger charge is 2.21. The number of hydrogen-bond donors (Lipinski definition) is 1. The van der Waals surface area contributed by atoms with Gasteiger partial charge in [-0.05, 0) is 42.2 Å². The van der Waals surface area contributed by atoms with Crippen LogP contribution in [0.4, 0.5) is 0 Å². The third kappa shape index (κ3) is 4.00. The maximum absolute atomic E-state index is 12.3. The van der Waals surface area contributed by atoms with Crippen molar-refractivity contribution in [3.63, 3.8) is 0 Å². The maximum atomic E-state index is 12.3. The predicted molar refractivity (Wildman–Crippen MR) is 91.1 cm³/mol. The topological polar surface area (TPSA) is 38.3 Å². The Bertz CT molecular complexity index is 636. The van der Waals surface area contributed by atoms with Gasteiger partial charge in [0.25, 0.3) is 5.91 Å². The highest BCUT2D eigenvalue weighted by molar-refractivity contribution is 5.84. The minimum atomic E-state index is -0.456. The molecule has 1 N–H and O–H groups in total. The second-order valence-corrected chi connectivity index (χ2v) is 6.06. The molecule has 0 aliphatic carbocycles. The normalized spacial score (nSPS) is 13.9. The predicted octanol–water partition coefficient (Wildman–Crippen LogP) is 4.16. The van der Waals surface area contributed by atoms with Crippen LogP contribution < -0.4 is 10.1 Å². The molecular formula is C19H25NO2. The smallest absolute Gasteiger partial charge is 0.261 e. The van der Waals surface area contributed by atoms with Crippen LogP contribution in [0.25, 0.3) is 10.8 Å². The summed E-state index contributed by atoms with van der Waals surface area (Å²) >= 11 is 0. The van der Waals surface area contributed by atoms with E-state index in [2.05, 4.69) is 25.2 Å². The first kappa shape index (κ1) is 16.3. The number of nitrogens with one attached hydrogen (secondary N) is 1. The Labute approximate surface area is 132 Å². The molecule has 3 nitrogen and oxygen atoms in total. The summed E-state index contributed by atoms with van der Waals surface area (Å²) in [5, 5.41) is 5.31. The van der Waals surface area contributed by atoms with E-state index in [-0.39, 0.29) is 11.9 Å². The van der Waals surface area contributed by atoms with Crippen LogP contribution in [0.3, 0.4) is 0 Å². The lowest BCUT2D eigenvalue weighted by molar-refractivity contribution is -0.129. The minimum absolute atomic E-state index is 0.0446. The van der Waals surface area contributed by atoms with Crippen molar-refractivity contribution in [3.8, 4) is 5.75 Å². The summed E-state index contributed by atoms with van der Waals surface area (Å²) in [5.41, 5.74) is 0. The summed E-state index contributed by atoms with van der Waals surface area (Å²) in [5.74, 6) is 1.09. The molecule has 1 amide bonds. The van der Waals surface area contributed by atoms with Crippen molar-refractivity contribution >= 4 is 16.7 Å². The third-order valence-corrected chi connectivity index (χ3v) is 4.03. The van der Waals surface area contributed by atoms with Crippen LogP contribution in [-0.4, -0.2) is 18.1 Å². The summed E-state index contributed by atoms with van der Waals surface area (Å²) in [6, 6.07) is 14.2. The molecule has 0 spiro atoms. The molecule has 118 valence electrons. The Balaban J connectivity index is 2.09. The van der Waals surface area contributed by atoms with E-state index in [9.17, 15) is 4.79 Å². The molecule has 0 heterocycles. The van der Waals surface area contributed by atoms with Crippen molar-refractivity contribution in [2.45, 2.75) is 46.3 Å². The second-order valence-electron chi connectivity index (χ2n) is 6.06. The largest absolute Gasteiger partial charge is 0.481 e. The number of fused-ring (bicyclic) bond motifs is 1. The van der Waals surface area contributed by atoms with Crippen molar-refractivity contribution in [2.75, 3.05) is 0 Å². The summed E-state index contributed by atoms with van der Waals surface area (Å²) in [6.07, 6.45) is 0.186. The maximum Gasteiger partial charge on any atom is 0.261 e. The number of benzene rings is 2. The number of hydrogen-bond acceptors (Lipinski definition) is 2. The lowest BCUT2D eigenvalue weighted by Crippen LogP contribution is -2.44. The minimum Gasteiger partial charge on any atom is -0.481 e. The Morgan fingerprint density at radius 1 is 1.09 bits per heavy atom. The van der Waals surface area contributed by atoms with E-state index >= 15 is 0 Å². The Morgan fingerprint density at radius 2 is 1.77 bits per heavy atom. The number of amides is 1. The first-order chi connectivity index (χ1) is 10.5. The van der Waals surface area contributed by atoms with Crippen molar-refractivity contribution in [2.24, 2.45) is 5.92 Å². The van der Waals surface area contributed by atoms with Gasteiger partial charge in [0.05, 0.1) is 0 Å². The van der Waals surface area contributed by atoms with E-state index in [1.54, 1.807) is 0 Å². The van der Waals surface area contributed by atoms with E-state index in [1.807, 2.05) is 50.2 Å². The first-order valence-electron chi connectivity index (χ1n) is 7.97. The third-order valence-electron chi connectivity index (χ3n) is 4.03. The SMILES string of the molecule is CC[C@@H](Oc1ccc2ccccc2c1)C(=O)N[C@H](C)C(C)C. The van der Waals surface area contributed by atoms with Gasteiger partial charge >= 0.3 is 0 Å². The molecule has 0 aromatic heterocycles. The molecule has 3 heteroatoms. The van der Waals surface area contributed by atoms with Gasteiger partial charge in [-0.25, -0.2) is 0 Å². The number of ether oxygens (including phenoxy) is 1. The molecule has 0 bridgehead atoms. The molecule has 0 fully saturated rings. The van der Waals surface area contributed by atoms with Crippen LogP contribution in [-0.2, 0) is 4.79 Å². The standard InChI is InChI=1S/C19H25NO2/c1-5-18(19(21)20-14(4)13(2)3)22-17-11-10-15-8-6-7-9-16(15)12-17/h6-14,18H,5H2,1-4H3,(H,20,21)/t14-,18-/m1/s1. The zero-order chi connectivity index (χ0) is 16.1. The molecule has 2 aromatic rings. The Hall–Kier alpha value is -2.03. The van der Waals surface area contributed by atoms with Gasteiger partial charge < -0.3 is 10.1 Å². The van der Waals surface area contributed by atoms with Crippen molar-refractivity contribution in [3.05, 3.63) is 42.5 Å². The van der Waals surface area contributed by atoms with E-state index in [4.69, 9.17) is 4.74 Å². The van der Waals surface area contributed by atoms with Gasteiger partial charge in [-0.3, -0.25) is 4.79 Å². The summed E-state index contributed by atoms with van der Waals surface area (Å²) in [7, 11) is 0. The highest BCUT2D eigenvalue weighted by atomic mass is 16.5. The van der Waals surface area contributed by atoms with Crippen molar-refractivity contribution < 1.29 is 9.53 Å². The van der Waals surface area contributed by atoms with Crippen LogP contribution in [0.1, 0.15) is 34.1 Å². The van der Waals surface area contributed by atoms with Crippen LogP contribution in [0, 0.1) is 5.92 Å². The van der Waals surface area contributed by atoms with Gasteiger partial charge in [0.2, 0.25) is 0 Å². The molecule has 2 rings (SSSR count). The molecule has 0 radical (unpaired) electrons. The molecule has 0 saturated heterocycles. The van der Waals surface area contributed by atoms with E-state index in [0.717, 1.165) is 11.1 Å². The van der Waals surface area contributed by atoms with Gasteiger partial charge in [0.15, 0.2) is 6.10 Å². The second kappa shape index (κ2) is 7.30. The van der Waals surface area contributed by atoms with Gasteiger partial charge in [0.1, 0.15) is 5.75 Å². The fraction of sp³-hybridized carbons (Fsp3) is 0.421. The molecule has 0 aliphatic heterocycles. The number of carbonyl (C=O) groups excluding carboxylic acids is 1. The van der Waals surface area contributed by atoms with Gasteiger partial charge in [0, 0.05) is 6.04 Å². The summed E-state index contributed by atoms with van der Waals surface area (Å²) in [6.45, 7) is 8.17. The summed E-state index contributed by atoms with van der Waals surface area (Å²) in [4.78, 5) is 12.3. The fourth-order valence-electron chi connectivity index (χ4n) is 2.21. The highest BCUT2D eigenvalue weighted by Crippen LogP contribution is 2.22. The monoisotopic (exact) mass is 299 g/mol. The number of rotatable bonds is 6. The van der Waals surface area contributed by atoms with E-state index in [0.29, 0.717) is 12.3 Å². The van der Waals surface area contributed by atoms with Crippen molar-refractivity contribution in [1.82, 2.24) is 5.32 Å². The number of carbonyl (C=O) groups is 1. The van der Waals surface area contributed by atoms with Gasteiger partial charge in [-0.2, -0.15) is 0 Å². The van der Waals surface area contributed by atoms with Crippen LogP contribution in [0.2, 0.25) is 0 Å². The lowest BCUT2D eigenvalue weighted by atomic mass is 10.1. The van der Waals surface area contributed by atoms with Crippen LogP contribution >= 0.6 is 0 Å². The zero-order valence-electron chi connectivity index (χ0n) is 13.8. The Kier molecular flexibility index (Phi) is 5.42. The molecular weight excluding hydrogens is 274 g/mol. The quantitative estimate of drug-likeness (QED) is 0.870. The van der Waals surface area contributed by atoms with Crippen molar-refractivity contribution in [1.29, 1.82) is 0 Å². The Morgan fingerprint density at radius 3 is 2.41 bits per heavy atom. The average Bonchev–Trinajstić information content (AvgIpc) is 2.52. The molecule has 22 heavy (non-hydrogen) atoms. The van der Waals surface area contributed by atoms with E-state index in [1.165, 1.54) is 5.39 Å². The molecule has 2 atom stereocenters. The molecule has 2 aromatic carbocycles. The molecule has 0 unspecified atom stereocenters. The lowest BCUT2D eigenvalue weighted by Gasteiger charge is -2.22. The average molecular weight is 299 g/mol. The van der Waals surface area contributed by atoms with E-state index < -0.39 is 6.10 Å². The van der Waals surface area contributed by atoms with Gasteiger partial charge in [-0.15, -0.1) is 0 Å². The first-order valence-corrected chi connectivity index (χ1v) is 7.97. The van der Waals surface area contributed by atoms with Gasteiger partial charge in [-0.1, -0.05) is 51.1 Å². The van der Waals surface area contributed by atoms with Crippen LogP contribution in [0.15, 0.2) is 42.5 Å². The zero-order valence-corrected chi connectivity index (χ0v) is 13.8. The van der Waals surface area contributed by atoms with Crippen LogP contribution in [0.5, 0.6) is 5.75 Å². The fourth-order valence-corrected chi connectivity index (χ4v) is 2.21. The summed E-state index contributed by atoms with van der Waals surface area (Å²) < 4.78 is 5.90. The molecule has 0 aliphatic rings.